The molecule has 2 aromatic rings. The van der Waals surface area contributed by atoms with Crippen molar-refractivity contribution in [2.75, 3.05) is 20.6 Å². The Hall–Kier alpha value is -1.17. The van der Waals surface area contributed by atoms with E-state index in [1.165, 1.54) is 11.1 Å². The zero-order valence-electron chi connectivity index (χ0n) is 13.1. The van der Waals surface area contributed by atoms with Crippen LogP contribution in [0.25, 0.3) is 0 Å². The Labute approximate surface area is 135 Å². The molecule has 1 aromatic carbocycles. The summed E-state index contributed by atoms with van der Waals surface area (Å²) in [5.41, 5.74) is 11.1. The van der Waals surface area contributed by atoms with Crippen molar-refractivity contribution in [3.05, 3.63) is 51.3 Å². The summed E-state index contributed by atoms with van der Waals surface area (Å²) in [4.78, 5) is 2.14. The quantitative estimate of drug-likeness (QED) is 0.901. The van der Waals surface area contributed by atoms with Crippen LogP contribution in [-0.2, 0) is 6.54 Å². The molecule has 0 spiro atoms. The van der Waals surface area contributed by atoms with Gasteiger partial charge in [0.2, 0.25) is 0 Å². The van der Waals surface area contributed by atoms with Crippen molar-refractivity contribution < 1.29 is 0 Å². The van der Waals surface area contributed by atoms with Crippen LogP contribution in [0.15, 0.2) is 28.9 Å². The highest BCUT2D eigenvalue weighted by Crippen LogP contribution is 2.28. The topological polar surface area (TPSA) is 47.1 Å². The molecule has 0 saturated carbocycles. The zero-order valence-corrected chi connectivity index (χ0v) is 14.7. The predicted molar refractivity (Wildman–Crippen MR) is 90.4 cm³/mol. The maximum Gasteiger partial charge on any atom is 0.0739 e. The molecule has 1 aromatic heterocycles. The monoisotopic (exact) mass is 350 g/mol. The highest BCUT2D eigenvalue weighted by atomic mass is 79.9. The van der Waals surface area contributed by atoms with Gasteiger partial charge in [-0.1, -0.05) is 29.3 Å². The third-order valence-corrected chi connectivity index (χ3v) is 4.10. The molecule has 0 amide bonds. The molecule has 0 aliphatic carbocycles. The lowest BCUT2D eigenvalue weighted by atomic mass is 10.00. The van der Waals surface area contributed by atoms with Gasteiger partial charge in [0.25, 0.3) is 0 Å². The molecule has 4 nitrogen and oxygen atoms in total. The number of hydrogen-bond donors (Lipinski definition) is 1. The highest BCUT2D eigenvalue weighted by Gasteiger charge is 2.18. The van der Waals surface area contributed by atoms with Gasteiger partial charge in [-0.3, -0.25) is 4.68 Å². The van der Waals surface area contributed by atoms with Gasteiger partial charge in [-0.05, 0) is 49.4 Å². The lowest BCUT2D eigenvalue weighted by molar-refractivity contribution is 0.368. The van der Waals surface area contributed by atoms with Crippen LogP contribution in [0.4, 0.5) is 0 Å². The Balaban J connectivity index is 2.33. The van der Waals surface area contributed by atoms with E-state index in [2.05, 4.69) is 72.1 Å². The van der Waals surface area contributed by atoms with Gasteiger partial charge in [0.15, 0.2) is 0 Å². The van der Waals surface area contributed by atoms with Crippen molar-refractivity contribution in [2.24, 2.45) is 5.73 Å². The van der Waals surface area contributed by atoms with Crippen LogP contribution in [0.3, 0.4) is 0 Å². The average Bonchev–Trinajstić information content (AvgIpc) is 2.75. The van der Waals surface area contributed by atoms with E-state index in [1.807, 2.05) is 10.9 Å². The molecular weight excluding hydrogens is 328 g/mol. The molecule has 1 unspecified atom stereocenters. The first-order valence-electron chi connectivity index (χ1n) is 7.08. The Morgan fingerprint density at radius 3 is 2.43 bits per heavy atom. The van der Waals surface area contributed by atoms with Crippen molar-refractivity contribution in [1.82, 2.24) is 14.7 Å². The number of rotatable bonds is 5. The second-order valence-electron chi connectivity index (χ2n) is 5.80. The van der Waals surface area contributed by atoms with Crippen LogP contribution in [0.2, 0.25) is 0 Å². The molecule has 0 fully saturated rings. The van der Waals surface area contributed by atoms with Crippen molar-refractivity contribution in [2.45, 2.75) is 26.4 Å². The SMILES string of the molecule is Cc1cc(C)cc(C(N)c2c(Br)cnn2CCN(C)C)c1. The molecule has 0 aliphatic heterocycles. The Bertz CT molecular complexity index is 598. The number of likely N-dealkylation sites (N-methyl/N-ethyl adjacent to an activating group) is 1. The van der Waals surface area contributed by atoms with Gasteiger partial charge >= 0.3 is 0 Å². The number of benzene rings is 1. The van der Waals surface area contributed by atoms with E-state index in [0.717, 1.165) is 28.8 Å². The maximum atomic E-state index is 6.50. The summed E-state index contributed by atoms with van der Waals surface area (Å²) in [5.74, 6) is 0. The number of halogens is 1. The Morgan fingerprint density at radius 2 is 1.86 bits per heavy atom. The molecule has 2 N–H and O–H groups in total. The lowest BCUT2D eigenvalue weighted by Crippen LogP contribution is -2.23. The predicted octanol–water partition coefficient (Wildman–Crippen LogP) is 2.87. The van der Waals surface area contributed by atoms with Crippen LogP contribution in [-0.4, -0.2) is 35.3 Å². The molecule has 21 heavy (non-hydrogen) atoms. The summed E-state index contributed by atoms with van der Waals surface area (Å²) in [6, 6.07) is 6.28. The third kappa shape index (κ3) is 3.93. The molecule has 114 valence electrons. The van der Waals surface area contributed by atoms with E-state index >= 15 is 0 Å². The summed E-state index contributed by atoms with van der Waals surface area (Å²) >= 11 is 3.58. The number of nitrogens with two attached hydrogens (primary N) is 1. The van der Waals surface area contributed by atoms with E-state index in [9.17, 15) is 0 Å². The van der Waals surface area contributed by atoms with Crippen LogP contribution in [0, 0.1) is 13.8 Å². The first-order chi connectivity index (χ1) is 9.88. The molecule has 0 aliphatic rings. The van der Waals surface area contributed by atoms with Gasteiger partial charge in [-0.25, -0.2) is 0 Å². The Kier molecular flexibility index (Phi) is 5.19. The molecule has 5 heteroatoms. The number of aromatic nitrogens is 2. The third-order valence-electron chi connectivity index (χ3n) is 3.49. The van der Waals surface area contributed by atoms with E-state index in [4.69, 9.17) is 5.73 Å². The van der Waals surface area contributed by atoms with E-state index in [-0.39, 0.29) is 6.04 Å². The summed E-state index contributed by atoms with van der Waals surface area (Å²) in [6.45, 7) is 5.95. The van der Waals surface area contributed by atoms with Crippen molar-refractivity contribution >= 4 is 15.9 Å². The summed E-state index contributed by atoms with van der Waals surface area (Å²) in [6.07, 6.45) is 1.83. The van der Waals surface area contributed by atoms with Crippen LogP contribution in [0.1, 0.15) is 28.4 Å². The number of hydrogen-bond acceptors (Lipinski definition) is 3. The number of aryl methyl sites for hydroxylation is 2. The molecule has 1 heterocycles. The highest BCUT2D eigenvalue weighted by molar-refractivity contribution is 9.10. The molecule has 1 atom stereocenters. The van der Waals surface area contributed by atoms with E-state index in [0.29, 0.717) is 0 Å². The van der Waals surface area contributed by atoms with Gasteiger partial charge in [-0.15, -0.1) is 0 Å². The normalized spacial score (nSPS) is 12.9. The van der Waals surface area contributed by atoms with Crippen molar-refractivity contribution in [3.8, 4) is 0 Å². The van der Waals surface area contributed by atoms with Gasteiger partial charge in [-0.2, -0.15) is 5.10 Å². The molecule has 0 saturated heterocycles. The number of nitrogens with zero attached hydrogens (tertiary/aromatic N) is 3. The van der Waals surface area contributed by atoms with Crippen molar-refractivity contribution in [1.29, 1.82) is 0 Å². The minimum Gasteiger partial charge on any atom is -0.319 e. The second kappa shape index (κ2) is 6.73. The maximum absolute atomic E-state index is 6.50. The smallest absolute Gasteiger partial charge is 0.0739 e. The first kappa shape index (κ1) is 16.2. The fraction of sp³-hybridized carbons (Fsp3) is 0.438. The summed E-state index contributed by atoms with van der Waals surface area (Å²) in [7, 11) is 4.12. The largest absolute Gasteiger partial charge is 0.319 e. The second-order valence-corrected chi connectivity index (χ2v) is 6.66. The minimum absolute atomic E-state index is 0.178. The summed E-state index contributed by atoms with van der Waals surface area (Å²) in [5, 5.41) is 4.44. The van der Waals surface area contributed by atoms with Crippen LogP contribution >= 0.6 is 15.9 Å². The molecule has 0 bridgehead atoms. The zero-order chi connectivity index (χ0) is 15.6. The van der Waals surface area contributed by atoms with Crippen LogP contribution in [0.5, 0.6) is 0 Å². The van der Waals surface area contributed by atoms with Gasteiger partial charge in [0.1, 0.15) is 0 Å². The Morgan fingerprint density at radius 1 is 1.24 bits per heavy atom. The molecule has 0 radical (unpaired) electrons. The van der Waals surface area contributed by atoms with Gasteiger partial charge in [0.05, 0.1) is 29.0 Å². The fourth-order valence-electron chi connectivity index (χ4n) is 2.50. The standard InChI is InChI=1S/C16H23BrN4/c1-11-7-12(2)9-13(8-11)15(18)16-14(17)10-19-21(16)6-5-20(3)4/h7-10,15H,5-6,18H2,1-4H3. The minimum atomic E-state index is -0.178. The summed E-state index contributed by atoms with van der Waals surface area (Å²) < 4.78 is 2.96. The van der Waals surface area contributed by atoms with Gasteiger partial charge < -0.3 is 10.6 Å². The fourth-order valence-corrected chi connectivity index (χ4v) is 3.04. The van der Waals surface area contributed by atoms with Gasteiger partial charge in [0, 0.05) is 6.54 Å². The first-order valence-corrected chi connectivity index (χ1v) is 7.87. The van der Waals surface area contributed by atoms with Crippen molar-refractivity contribution in [3.63, 3.8) is 0 Å². The molecular formula is C16H23BrN4. The average molecular weight is 351 g/mol. The lowest BCUT2D eigenvalue weighted by Gasteiger charge is -2.18. The molecule has 2 rings (SSSR count). The van der Waals surface area contributed by atoms with E-state index < -0.39 is 0 Å². The van der Waals surface area contributed by atoms with E-state index in [1.54, 1.807) is 0 Å². The van der Waals surface area contributed by atoms with Crippen LogP contribution < -0.4 is 5.73 Å².